The first-order valence-corrected chi connectivity index (χ1v) is 12.5. The number of halogens is 1. The van der Waals surface area contributed by atoms with Gasteiger partial charge in [0.05, 0.1) is 30.1 Å². The van der Waals surface area contributed by atoms with Gasteiger partial charge in [-0.1, -0.05) is 48.9 Å². The van der Waals surface area contributed by atoms with Crippen molar-refractivity contribution in [3.63, 3.8) is 0 Å². The van der Waals surface area contributed by atoms with Gasteiger partial charge in [0, 0.05) is 17.8 Å². The maximum absolute atomic E-state index is 14.2. The van der Waals surface area contributed by atoms with Crippen molar-refractivity contribution in [3.05, 3.63) is 65.2 Å². The van der Waals surface area contributed by atoms with Crippen molar-refractivity contribution in [1.82, 2.24) is 10.2 Å². The van der Waals surface area contributed by atoms with Crippen molar-refractivity contribution in [1.29, 1.82) is 0 Å². The first-order chi connectivity index (χ1) is 17.2. The summed E-state index contributed by atoms with van der Waals surface area (Å²) in [6.07, 6.45) is 0.440. The molecule has 3 amide bonds. The van der Waals surface area contributed by atoms with E-state index in [-0.39, 0.29) is 24.3 Å². The Morgan fingerprint density at radius 1 is 1.17 bits per heavy atom. The van der Waals surface area contributed by atoms with Crippen LogP contribution in [-0.2, 0) is 19.1 Å². The third-order valence-electron chi connectivity index (χ3n) is 8.33. The predicted molar refractivity (Wildman–Crippen MR) is 134 cm³/mol. The molecule has 2 aromatic rings. The van der Waals surface area contributed by atoms with Crippen LogP contribution in [-0.4, -0.2) is 58.6 Å². The molecular formula is C27H30ClN3O5. The summed E-state index contributed by atoms with van der Waals surface area (Å²) >= 11 is 6.01. The van der Waals surface area contributed by atoms with Gasteiger partial charge in [0.1, 0.15) is 11.6 Å². The fourth-order valence-corrected chi connectivity index (χ4v) is 6.77. The van der Waals surface area contributed by atoms with Gasteiger partial charge in [-0.25, -0.2) is 0 Å². The third kappa shape index (κ3) is 3.46. The number of carbonyl (C=O) groups excluding carboxylic acids is 3. The van der Waals surface area contributed by atoms with Gasteiger partial charge in [-0.05, 0) is 49.1 Å². The van der Waals surface area contributed by atoms with Gasteiger partial charge in [-0.3, -0.25) is 14.4 Å². The van der Waals surface area contributed by atoms with E-state index in [2.05, 4.69) is 10.6 Å². The summed E-state index contributed by atoms with van der Waals surface area (Å²) in [5, 5.41) is 16.6. The third-order valence-corrected chi connectivity index (χ3v) is 8.59. The molecule has 3 fully saturated rings. The number of anilines is 1. The number of nitrogens with zero attached hydrogens (tertiary/aromatic N) is 1. The average molecular weight is 512 g/mol. The zero-order valence-electron chi connectivity index (χ0n) is 20.4. The Morgan fingerprint density at radius 2 is 1.83 bits per heavy atom. The van der Waals surface area contributed by atoms with E-state index in [1.54, 1.807) is 24.3 Å². The van der Waals surface area contributed by atoms with Crippen LogP contribution in [0.15, 0.2) is 54.6 Å². The molecule has 3 aliphatic rings. The van der Waals surface area contributed by atoms with Crippen LogP contribution in [0.1, 0.15) is 31.9 Å². The van der Waals surface area contributed by atoms with Crippen molar-refractivity contribution in [3.8, 4) is 0 Å². The smallest absolute Gasteiger partial charge is 0.250 e. The molecule has 2 bridgehead atoms. The Kier molecular flexibility index (Phi) is 6.09. The van der Waals surface area contributed by atoms with Crippen LogP contribution in [0, 0.1) is 17.8 Å². The van der Waals surface area contributed by atoms with E-state index in [9.17, 15) is 19.5 Å². The molecule has 0 aliphatic carbocycles. The first kappa shape index (κ1) is 24.7. The maximum atomic E-state index is 14.2. The molecular weight excluding hydrogens is 482 g/mol. The molecule has 3 saturated heterocycles. The van der Waals surface area contributed by atoms with Crippen molar-refractivity contribution in [2.75, 3.05) is 19.0 Å². The van der Waals surface area contributed by atoms with Gasteiger partial charge >= 0.3 is 0 Å². The SMILES string of the molecule is CNC(=O)[C@H]1[C@H]2C(=O)N([C@H](CO)c3ccccc3)C(C(=O)Nc3ccc(Cl)cc3)C23CC(C)[C@]1(C)O3. The van der Waals surface area contributed by atoms with E-state index in [4.69, 9.17) is 16.3 Å². The normalized spacial score (nSPS) is 33.4. The molecule has 9 heteroatoms. The molecule has 2 aromatic carbocycles. The highest BCUT2D eigenvalue weighted by atomic mass is 35.5. The molecule has 1 spiro atoms. The molecule has 8 nitrogen and oxygen atoms in total. The highest BCUT2D eigenvalue weighted by Gasteiger charge is 2.80. The number of aliphatic hydroxyl groups is 1. The van der Waals surface area contributed by atoms with Gasteiger partial charge in [-0.15, -0.1) is 0 Å². The Hall–Kier alpha value is -2.94. The summed E-state index contributed by atoms with van der Waals surface area (Å²) < 4.78 is 6.65. The number of benzene rings is 2. The Morgan fingerprint density at radius 3 is 2.44 bits per heavy atom. The summed E-state index contributed by atoms with van der Waals surface area (Å²) in [6, 6.07) is 14.0. The Balaban J connectivity index is 1.63. The zero-order chi connectivity index (χ0) is 25.8. The topological polar surface area (TPSA) is 108 Å². The minimum absolute atomic E-state index is 0.0704. The van der Waals surface area contributed by atoms with Crippen molar-refractivity contribution < 1.29 is 24.2 Å². The lowest BCUT2D eigenvalue weighted by atomic mass is 9.62. The van der Waals surface area contributed by atoms with E-state index in [1.807, 2.05) is 44.2 Å². The Bertz CT molecular complexity index is 1190. The quantitative estimate of drug-likeness (QED) is 0.552. The van der Waals surface area contributed by atoms with Crippen LogP contribution in [0.4, 0.5) is 5.69 Å². The minimum atomic E-state index is -1.21. The average Bonchev–Trinajstić information content (AvgIpc) is 3.38. The van der Waals surface area contributed by atoms with Crippen LogP contribution in [0.5, 0.6) is 0 Å². The molecule has 0 radical (unpaired) electrons. The largest absolute Gasteiger partial charge is 0.394 e. The van der Waals surface area contributed by atoms with E-state index < -0.39 is 41.0 Å². The second-order valence-corrected chi connectivity index (χ2v) is 10.6. The van der Waals surface area contributed by atoms with E-state index >= 15 is 0 Å². The van der Waals surface area contributed by atoms with Crippen LogP contribution in [0.2, 0.25) is 5.02 Å². The summed E-state index contributed by atoms with van der Waals surface area (Å²) in [7, 11) is 1.54. The molecule has 3 unspecified atom stereocenters. The summed E-state index contributed by atoms with van der Waals surface area (Å²) in [5.74, 6) is -2.76. The fourth-order valence-electron chi connectivity index (χ4n) is 6.64. The van der Waals surface area contributed by atoms with Gasteiger partial charge in [-0.2, -0.15) is 0 Å². The number of amides is 3. The van der Waals surface area contributed by atoms with E-state index in [0.717, 1.165) is 0 Å². The molecule has 0 aromatic heterocycles. The van der Waals surface area contributed by atoms with E-state index in [1.165, 1.54) is 11.9 Å². The highest BCUT2D eigenvalue weighted by Crippen LogP contribution is 2.66. The van der Waals surface area contributed by atoms with E-state index in [0.29, 0.717) is 22.7 Å². The standard InChI is InChI=1S/C27H30ClN3O5/c1-15-13-27-21(20(23(33)29-3)26(15,2)36-27)25(35)31(19(14-32)16-7-5-4-6-8-16)22(27)24(34)30-18-11-9-17(28)10-12-18/h4-12,15,19-22,32H,13-14H2,1-3H3,(H,29,33)(H,30,34)/t15?,19-,20-,21+,22?,26+,27?/m1/s1. The molecule has 3 N–H and O–H groups in total. The number of hydrogen-bond donors (Lipinski definition) is 3. The second-order valence-electron chi connectivity index (χ2n) is 10.2. The van der Waals surface area contributed by atoms with Crippen molar-refractivity contribution in [2.45, 2.75) is 43.6 Å². The summed E-state index contributed by atoms with van der Waals surface area (Å²) in [4.78, 5) is 42.8. The molecule has 3 aliphatic heterocycles. The number of rotatable bonds is 6. The lowest BCUT2D eigenvalue weighted by molar-refractivity contribution is -0.149. The zero-order valence-corrected chi connectivity index (χ0v) is 21.2. The molecule has 3 heterocycles. The van der Waals surface area contributed by atoms with Crippen LogP contribution in [0.25, 0.3) is 0 Å². The number of fused-ring (bicyclic) bond motifs is 1. The predicted octanol–water partition coefficient (Wildman–Crippen LogP) is 2.77. The molecule has 5 rings (SSSR count). The van der Waals surface area contributed by atoms with Gasteiger partial charge in [0.2, 0.25) is 17.7 Å². The fraction of sp³-hybridized carbons (Fsp3) is 0.444. The second kappa shape index (κ2) is 8.87. The molecule has 36 heavy (non-hydrogen) atoms. The first-order valence-electron chi connectivity index (χ1n) is 12.1. The summed E-state index contributed by atoms with van der Waals surface area (Å²) in [6.45, 7) is 3.46. The summed E-state index contributed by atoms with van der Waals surface area (Å²) in [5.41, 5.74) is -0.889. The van der Waals surface area contributed by atoms with Gasteiger partial charge in [0.15, 0.2) is 0 Å². The van der Waals surface area contributed by atoms with Crippen molar-refractivity contribution in [2.24, 2.45) is 17.8 Å². The number of likely N-dealkylation sites (tertiary alicyclic amines) is 1. The lowest BCUT2D eigenvalue weighted by Crippen LogP contribution is -2.55. The lowest BCUT2D eigenvalue weighted by Gasteiger charge is -2.37. The van der Waals surface area contributed by atoms with Gasteiger partial charge in [0.25, 0.3) is 0 Å². The number of aliphatic hydroxyl groups excluding tert-OH is 1. The van der Waals surface area contributed by atoms with Crippen molar-refractivity contribution >= 4 is 35.0 Å². The highest BCUT2D eigenvalue weighted by molar-refractivity contribution is 6.30. The maximum Gasteiger partial charge on any atom is 0.250 e. The van der Waals surface area contributed by atoms with Crippen LogP contribution < -0.4 is 10.6 Å². The number of ether oxygens (including phenoxy) is 1. The molecule has 7 atom stereocenters. The van der Waals surface area contributed by atoms with Crippen LogP contribution in [0.3, 0.4) is 0 Å². The molecule has 0 saturated carbocycles. The van der Waals surface area contributed by atoms with Crippen LogP contribution >= 0.6 is 11.6 Å². The monoisotopic (exact) mass is 511 g/mol. The molecule has 190 valence electrons. The minimum Gasteiger partial charge on any atom is -0.394 e. The number of nitrogens with one attached hydrogen (secondary N) is 2. The van der Waals surface area contributed by atoms with Gasteiger partial charge < -0.3 is 25.4 Å². The Labute approximate surface area is 215 Å². The number of hydrogen-bond acceptors (Lipinski definition) is 5. The number of carbonyl (C=O) groups is 3.